The Morgan fingerprint density at radius 1 is 0.875 bits per heavy atom. The van der Waals surface area contributed by atoms with Gasteiger partial charge in [0.25, 0.3) is 0 Å². The fourth-order valence-electron chi connectivity index (χ4n) is 4.75. The second-order valence-electron chi connectivity index (χ2n) is 9.36. The minimum absolute atomic E-state index is 0.223. The van der Waals surface area contributed by atoms with Crippen LogP contribution in [0, 0.1) is 5.92 Å². The Kier molecular flexibility index (Phi) is 10.2. The molecule has 0 saturated heterocycles. The highest BCUT2D eigenvalue weighted by atomic mass is 16.5. The molecule has 2 aromatic rings. The Bertz CT molecular complexity index is 793. The smallest absolute Gasteiger partial charge is 0.311 e. The van der Waals surface area contributed by atoms with Gasteiger partial charge in [0.2, 0.25) is 0 Å². The number of rotatable bonds is 12. The monoisotopic (exact) mass is 436 g/mol. The number of carbonyl (C=O) groups excluding carboxylic acids is 1. The molecule has 0 atom stereocenters. The molecule has 32 heavy (non-hydrogen) atoms. The van der Waals surface area contributed by atoms with E-state index in [-0.39, 0.29) is 5.97 Å². The molecule has 0 aliphatic heterocycles. The summed E-state index contributed by atoms with van der Waals surface area (Å²) in [6.45, 7) is 4.34. The largest absolute Gasteiger partial charge is 0.423 e. The van der Waals surface area contributed by atoms with Crippen molar-refractivity contribution in [2.75, 3.05) is 0 Å². The molecule has 1 aromatic carbocycles. The van der Waals surface area contributed by atoms with Gasteiger partial charge in [0.05, 0.1) is 12.4 Å². The highest BCUT2D eigenvalue weighted by Gasteiger charge is 2.22. The Hall–Kier alpha value is -2.23. The quantitative estimate of drug-likeness (QED) is 0.251. The number of benzene rings is 1. The van der Waals surface area contributed by atoms with Crippen molar-refractivity contribution in [3.8, 4) is 17.1 Å². The third-order valence-electron chi connectivity index (χ3n) is 6.80. The van der Waals surface area contributed by atoms with E-state index in [1.54, 1.807) is 12.4 Å². The van der Waals surface area contributed by atoms with E-state index in [4.69, 9.17) is 4.74 Å². The number of carbonyl (C=O) groups is 1. The fraction of sp³-hybridized carbons (Fsp3) is 0.607. The van der Waals surface area contributed by atoms with Gasteiger partial charge in [0.15, 0.2) is 11.6 Å². The topological polar surface area (TPSA) is 52.1 Å². The number of ether oxygens (including phenoxy) is 1. The summed E-state index contributed by atoms with van der Waals surface area (Å²) in [5.41, 5.74) is 2.44. The standard InChI is InChI=1S/C28H40N2O2/c1-3-5-7-8-9-10-22-12-14-23(15-13-22)24-16-18-25(19-17-24)28-29-20-26(21-30-28)32-27(31)11-6-4-2/h16-23H,3-15H2,1-2H3. The van der Waals surface area contributed by atoms with Crippen LogP contribution in [0.2, 0.25) is 0 Å². The van der Waals surface area contributed by atoms with E-state index in [1.807, 2.05) is 0 Å². The van der Waals surface area contributed by atoms with Gasteiger partial charge in [-0.3, -0.25) is 4.79 Å². The first kappa shape index (κ1) is 24.4. The first-order valence-corrected chi connectivity index (χ1v) is 12.8. The van der Waals surface area contributed by atoms with E-state index in [9.17, 15) is 4.79 Å². The third kappa shape index (κ3) is 7.72. The van der Waals surface area contributed by atoms with Crippen LogP contribution in [-0.2, 0) is 4.79 Å². The molecule has 174 valence electrons. The first-order chi connectivity index (χ1) is 15.7. The molecule has 0 radical (unpaired) electrons. The number of hydrogen-bond acceptors (Lipinski definition) is 4. The van der Waals surface area contributed by atoms with Crippen LogP contribution in [0.1, 0.15) is 109 Å². The van der Waals surface area contributed by atoms with Gasteiger partial charge < -0.3 is 4.74 Å². The van der Waals surface area contributed by atoms with Gasteiger partial charge in [0, 0.05) is 12.0 Å². The lowest BCUT2D eigenvalue weighted by molar-refractivity contribution is -0.134. The van der Waals surface area contributed by atoms with Crippen molar-refractivity contribution in [1.29, 1.82) is 0 Å². The molecule has 1 saturated carbocycles. The van der Waals surface area contributed by atoms with Gasteiger partial charge in [-0.15, -0.1) is 0 Å². The SMILES string of the molecule is CCCCCCCC1CCC(c2ccc(-c3ncc(OC(=O)CCCC)cn3)cc2)CC1. The molecule has 0 spiro atoms. The van der Waals surface area contributed by atoms with Crippen molar-refractivity contribution in [3.63, 3.8) is 0 Å². The predicted octanol–water partition coefficient (Wildman–Crippen LogP) is 7.87. The lowest BCUT2D eigenvalue weighted by Gasteiger charge is -2.29. The van der Waals surface area contributed by atoms with E-state index >= 15 is 0 Å². The molecule has 4 heteroatoms. The summed E-state index contributed by atoms with van der Waals surface area (Å²) in [5, 5.41) is 0. The van der Waals surface area contributed by atoms with Gasteiger partial charge in [-0.2, -0.15) is 0 Å². The van der Waals surface area contributed by atoms with Gasteiger partial charge >= 0.3 is 5.97 Å². The fourth-order valence-corrected chi connectivity index (χ4v) is 4.75. The first-order valence-electron chi connectivity index (χ1n) is 12.8. The van der Waals surface area contributed by atoms with E-state index < -0.39 is 0 Å². The number of aromatic nitrogens is 2. The third-order valence-corrected chi connectivity index (χ3v) is 6.80. The van der Waals surface area contributed by atoms with Gasteiger partial charge in [-0.1, -0.05) is 83.1 Å². The Morgan fingerprint density at radius 3 is 2.19 bits per heavy atom. The van der Waals surface area contributed by atoms with Crippen molar-refractivity contribution >= 4 is 5.97 Å². The summed E-state index contributed by atoms with van der Waals surface area (Å²) < 4.78 is 5.29. The van der Waals surface area contributed by atoms with E-state index in [1.165, 1.54) is 69.8 Å². The van der Waals surface area contributed by atoms with Crippen molar-refractivity contribution in [2.24, 2.45) is 5.92 Å². The molecule has 1 aliphatic carbocycles. The zero-order valence-corrected chi connectivity index (χ0v) is 20.0. The van der Waals surface area contributed by atoms with Crippen LogP contribution in [0.4, 0.5) is 0 Å². The van der Waals surface area contributed by atoms with Crippen LogP contribution in [0.3, 0.4) is 0 Å². The number of unbranched alkanes of at least 4 members (excludes halogenated alkanes) is 5. The Morgan fingerprint density at radius 2 is 1.53 bits per heavy atom. The van der Waals surface area contributed by atoms with E-state index in [0.29, 0.717) is 23.9 Å². The lowest BCUT2D eigenvalue weighted by atomic mass is 9.77. The Labute approximate surface area is 194 Å². The summed E-state index contributed by atoms with van der Waals surface area (Å²) in [7, 11) is 0. The summed E-state index contributed by atoms with van der Waals surface area (Å²) >= 11 is 0. The molecule has 1 aliphatic rings. The van der Waals surface area contributed by atoms with E-state index in [2.05, 4.69) is 48.1 Å². The molecule has 1 heterocycles. The second kappa shape index (κ2) is 13.3. The molecular formula is C28H40N2O2. The average Bonchev–Trinajstić information content (AvgIpc) is 2.84. The van der Waals surface area contributed by atoms with Gasteiger partial charge in [0.1, 0.15) is 0 Å². The minimum atomic E-state index is -0.223. The maximum atomic E-state index is 11.7. The molecule has 0 amide bonds. The number of hydrogen-bond donors (Lipinski definition) is 0. The van der Waals surface area contributed by atoms with Crippen LogP contribution < -0.4 is 4.74 Å². The molecule has 1 aromatic heterocycles. The molecule has 4 nitrogen and oxygen atoms in total. The molecular weight excluding hydrogens is 396 g/mol. The molecule has 3 rings (SSSR count). The zero-order chi connectivity index (χ0) is 22.6. The van der Waals surface area contributed by atoms with Crippen LogP contribution in [0.5, 0.6) is 5.75 Å². The van der Waals surface area contributed by atoms with Crippen LogP contribution in [0.15, 0.2) is 36.7 Å². The van der Waals surface area contributed by atoms with Crippen LogP contribution >= 0.6 is 0 Å². The molecule has 0 N–H and O–H groups in total. The molecule has 0 unspecified atom stereocenters. The Balaban J connectivity index is 1.45. The highest BCUT2D eigenvalue weighted by molar-refractivity contribution is 5.72. The van der Waals surface area contributed by atoms with Crippen molar-refractivity contribution < 1.29 is 9.53 Å². The summed E-state index contributed by atoms with van der Waals surface area (Å²) in [6, 6.07) is 8.73. The lowest BCUT2D eigenvalue weighted by Crippen LogP contribution is -2.13. The second-order valence-corrected chi connectivity index (χ2v) is 9.36. The highest BCUT2D eigenvalue weighted by Crippen LogP contribution is 2.38. The summed E-state index contributed by atoms with van der Waals surface area (Å²) in [4.78, 5) is 20.5. The zero-order valence-electron chi connectivity index (χ0n) is 20.0. The average molecular weight is 437 g/mol. The number of nitrogens with zero attached hydrogens (tertiary/aromatic N) is 2. The van der Waals surface area contributed by atoms with Crippen molar-refractivity contribution in [2.45, 2.75) is 103 Å². The van der Waals surface area contributed by atoms with Crippen molar-refractivity contribution in [3.05, 3.63) is 42.2 Å². The maximum absolute atomic E-state index is 11.7. The maximum Gasteiger partial charge on any atom is 0.311 e. The molecule has 0 bridgehead atoms. The van der Waals surface area contributed by atoms with Gasteiger partial charge in [-0.05, 0) is 49.5 Å². The van der Waals surface area contributed by atoms with E-state index in [0.717, 1.165) is 24.3 Å². The summed E-state index contributed by atoms with van der Waals surface area (Å²) in [5.74, 6) is 2.48. The van der Waals surface area contributed by atoms with Crippen LogP contribution in [0.25, 0.3) is 11.4 Å². The number of esters is 1. The van der Waals surface area contributed by atoms with Crippen molar-refractivity contribution in [1.82, 2.24) is 9.97 Å². The van der Waals surface area contributed by atoms with Crippen LogP contribution in [-0.4, -0.2) is 15.9 Å². The minimum Gasteiger partial charge on any atom is -0.423 e. The molecule has 1 fully saturated rings. The predicted molar refractivity (Wildman–Crippen MR) is 131 cm³/mol. The normalized spacial score (nSPS) is 18.4. The van der Waals surface area contributed by atoms with Gasteiger partial charge in [-0.25, -0.2) is 9.97 Å². The summed E-state index contributed by atoms with van der Waals surface area (Å²) in [6.07, 6.45) is 19.2.